The van der Waals surface area contributed by atoms with Gasteiger partial charge in [-0.1, -0.05) is 0 Å². The summed E-state index contributed by atoms with van der Waals surface area (Å²) < 4.78 is 409. The smallest absolute Gasteiger partial charge is 0.213 e. The predicted molar refractivity (Wildman–Crippen MR) is 88.3 cm³/mol. The van der Waals surface area contributed by atoms with E-state index in [1.165, 1.54) is 0 Å². The molecule has 0 radical (unpaired) electrons. The van der Waals surface area contributed by atoms with Gasteiger partial charge in [-0.2, -0.15) is 127 Å². The summed E-state index contributed by atoms with van der Waals surface area (Å²) in [4.78, 5) is 0. The van der Waals surface area contributed by atoms with Gasteiger partial charge >= 0.3 is 82.5 Å². The van der Waals surface area contributed by atoms with E-state index in [4.69, 9.17) is 0 Å². The molecule has 48 heavy (non-hydrogen) atoms. The Bertz CT molecular complexity index is 1310. The molecule has 0 spiro atoms. The molecule has 3 nitrogen and oxygen atoms in total. The molecule has 0 saturated carbocycles. The number of alkyl halides is 29. The van der Waals surface area contributed by atoms with E-state index < -0.39 is 99.6 Å². The average molecular weight is 813 g/mol. The van der Waals surface area contributed by atoms with Gasteiger partial charge in [-0.15, -0.1) is 0 Å². The Morgan fingerprint density at radius 2 is 0.438 bits per heavy atom. The van der Waals surface area contributed by atoms with Crippen LogP contribution in [0.3, 0.4) is 0 Å². The van der Waals surface area contributed by atoms with Crippen LogP contribution < -0.4 is 4.72 Å². The summed E-state index contributed by atoms with van der Waals surface area (Å²) in [5.74, 6) is -115. The first-order chi connectivity index (χ1) is 20.1. The molecule has 0 aliphatic rings. The molecule has 0 heterocycles. The highest BCUT2D eigenvalue weighted by atomic mass is 32.2. The van der Waals surface area contributed by atoms with Crippen LogP contribution in [-0.4, -0.2) is 98.0 Å². The van der Waals surface area contributed by atoms with Gasteiger partial charge in [0.2, 0.25) is 0 Å². The Morgan fingerprint density at radius 1 is 0.292 bits per heavy atom. The van der Waals surface area contributed by atoms with Crippen LogP contribution >= 0.6 is 0 Å². The summed E-state index contributed by atoms with van der Waals surface area (Å²) in [6.45, 7) is 0. The number of rotatable bonds is 14. The van der Waals surface area contributed by atoms with Gasteiger partial charge in [0.1, 0.15) is 0 Å². The maximum absolute atomic E-state index is 13.7. The van der Waals surface area contributed by atoms with Gasteiger partial charge in [-0.25, -0.2) is 13.1 Å². The highest BCUT2D eigenvalue weighted by Crippen LogP contribution is 2.69. The quantitative estimate of drug-likeness (QED) is 0.180. The van der Waals surface area contributed by atoms with Crippen molar-refractivity contribution < 1.29 is 136 Å². The first-order valence-corrected chi connectivity index (χ1v) is 11.5. The van der Waals surface area contributed by atoms with Crippen molar-refractivity contribution >= 4 is 10.0 Å². The minimum Gasteiger partial charge on any atom is -0.213 e. The van der Waals surface area contributed by atoms with E-state index >= 15 is 0 Å². The van der Waals surface area contributed by atoms with E-state index in [0.29, 0.717) is 0 Å². The van der Waals surface area contributed by atoms with Gasteiger partial charge in [0.25, 0.3) is 10.0 Å². The first kappa shape index (κ1) is 45.9. The van der Waals surface area contributed by atoms with E-state index in [1.54, 1.807) is 0 Å². The number of hydrogen-bond donors (Lipinski definition) is 1. The Balaban J connectivity index is 7.66. The molecule has 0 aliphatic heterocycles. The molecule has 0 atom stereocenters. The van der Waals surface area contributed by atoms with Gasteiger partial charge in [-0.05, 0) is 7.05 Å². The largest absolute Gasteiger partial charge is 0.460 e. The standard InChI is InChI=1S/C15H4F29NO2S/c1-45-48(46,47)15(43,44)13(38,39)11(34,35)9(30,31)7(26,27)5(22,23)3(18,19)2(16,17)4(20,21)6(24,25)8(28,29)10(32,33)12(36,37)14(40,41)42/h45H,1H3. The average Bonchev–Trinajstić information content (AvgIpc) is 2.86. The number of halogens is 29. The van der Waals surface area contributed by atoms with Gasteiger partial charge in [0.15, 0.2) is 0 Å². The summed E-state index contributed by atoms with van der Waals surface area (Å²) in [6, 6.07) is 0. The number of nitrogens with one attached hydrogen (secondary N) is 1. The van der Waals surface area contributed by atoms with Crippen LogP contribution in [0.1, 0.15) is 0 Å². The molecule has 0 aromatic heterocycles. The van der Waals surface area contributed by atoms with Crippen molar-refractivity contribution in [3.8, 4) is 0 Å². The lowest BCUT2D eigenvalue weighted by Crippen LogP contribution is -2.79. The first-order valence-electron chi connectivity index (χ1n) is 9.97. The Labute approximate surface area is 241 Å². The minimum absolute atomic E-state index is 0.0739. The Kier molecular flexibility index (Phi) is 10.5. The van der Waals surface area contributed by atoms with Gasteiger partial charge in [0.05, 0.1) is 0 Å². The van der Waals surface area contributed by atoms with Crippen LogP contribution in [0, 0.1) is 0 Å². The van der Waals surface area contributed by atoms with Crippen LogP contribution in [0.15, 0.2) is 0 Å². The molecule has 0 fully saturated rings. The molecule has 0 aromatic rings. The van der Waals surface area contributed by atoms with Crippen LogP contribution in [0.5, 0.6) is 0 Å². The molecule has 1 N–H and O–H groups in total. The van der Waals surface area contributed by atoms with Crippen molar-refractivity contribution in [1.29, 1.82) is 0 Å². The second-order valence-corrected chi connectivity index (χ2v) is 10.5. The van der Waals surface area contributed by atoms with Crippen molar-refractivity contribution in [2.75, 3.05) is 7.05 Å². The molecule has 0 unspecified atom stereocenters. The maximum Gasteiger partial charge on any atom is 0.460 e. The van der Waals surface area contributed by atoms with E-state index in [1.807, 2.05) is 0 Å². The summed E-state index contributed by atoms with van der Waals surface area (Å²) in [5.41, 5.74) is 0. The lowest BCUT2D eigenvalue weighted by molar-refractivity contribution is -0.486. The van der Waals surface area contributed by atoms with Crippen LogP contribution in [0.4, 0.5) is 127 Å². The summed E-state index contributed by atoms with van der Waals surface area (Å²) in [5, 5.41) is -8.00. The van der Waals surface area contributed by atoms with E-state index in [9.17, 15) is 136 Å². The summed E-state index contributed by atoms with van der Waals surface area (Å²) in [7, 11) is -8.08. The fourth-order valence-corrected chi connectivity index (χ4v) is 3.35. The number of hydrogen-bond acceptors (Lipinski definition) is 2. The third kappa shape index (κ3) is 5.01. The normalized spacial score (nSPS) is 17.2. The highest BCUT2D eigenvalue weighted by Gasteiger charge is 3.01. The van der Waals surface area contributed by atoms with E-state index in [0.717, 1.165) is 0 Å². The lowest BCUT2D eigenvalue weighted by Gasteiger charge is -2.46. The van der Waals surface area contributed by atoms with Gasteiger partial charge in [-0.3, -0.25) is 0 Å². The van der Waals surface area contributed by atoms with Crippen molar-refractivity contribution in [2.45, 2.75) is 82.5 Å². The second kappa shape index (κ2) is 10.9. The number of sulfonamides is 1. The van der Waals surface area contributed by atoms with E-state index in [2.05, 4.69) is 0 Å². The zero-order valence-electron chi connectivity index (χ0n) is 20.7. The predicted octanol–water partition coefficient (Wildman–Crippen LogP) is 8.31. The van der Waals surface area contributed by atoms with Crippen molar-refractivity contribution in [2.24, 2.45) is 0 Å². The zero-order valence-corrected chi connectivity index (χ0v) is 21.5. The second-order valence-electron chi connectivity index (χ2n) is 8.61. The molecule has 0 rings (SSSR count). The van der Waals surface area contributed by atoms with Gasteiger partial charge in [0, 0.05) is 0 Å². The molecule has 0 saturated heterocycles. The van der Waals surface area contributed by atoms with Crippen LogP contribution in [0.25, 0.3) is 0 Å². The zero-order chi connectivity index (χ0) is 40.2. The molecule has 0 aromatic carbocycles. The molecule has 0 bridgehead atoms. The van der Waals surface area contributed by atoms with Gasteiger partial charge < -0.3 is 0 Å². The van der Waals surface area contributed by atoms with Crippen molar-refractivity contribution in [1.82, 2.24) is 4.72 Å². The van der Waals surface area contributed by atoms with Crippen molar-refractivity contribution in [3.05, 3.63) is 0 Å². The maximum atomic E-state index is 13.7. The summed E-state index contributed by atoms with van der Waals surface area (Å²) >= 11 is 0. The molecule has 0 aliphatic carbocycles. The Hall–Kier alpha value is -2.12. The molecular weight excluding hydrogens is 809 g/mol. The Morgan fingerprint density at radius 3 is 0.583 bits per heavy atom. The van der Waals surface area contributed by atoms with Crippen LogP contribution in [0.2, 0.25) is 0 Å². The van der Waals surface area contributed by atoms with Crippen molar-refractivity contribution in [3.63, 3.8) is 0 Å². The summed E-state index contributed by atoms with van der Waals surface area (Å²) in [6.07, 6.45) is -8.32. The van der Waals surface area contributed by atoms with E-state index in [-0.39, 0.29) is 4.72 Å². The highest BCUT2D eigenvalue weighted by molar-refractivity contribution is 7.90. The monoisotopic (exact) mass is 813 g/mol. The topological polar surface area (TPSA) is 46.2 Å². The van der Waals surface area contributed by atoms with Crippen LogP contribution in [-0.2, 0) is 10.0 Å². The molecular formula is C15H4F29NO2S. The third-order valence-corrected chi connectivity index (χ3v) is 7.13. The molecule has 290 valence electrons. The SMILES string of the molecule is CNS(=O)(=O)C(F)(F)C(F)(F)C(F)(F)C(F)(F)C(F)(F)C(F)(F)C(F)(F)C(F)(F)C(F)(F)C(F)(F)C(F)(F)C(F)(F)C(F)(F)C(F)(F)F. The minimum atomic E-state index is -10.0. The lowest BCUT2D eigenvalue weighted by atomic mass is 9.84. The third-order valence-electron chi connectivity index (χ3n) is 5.67. The fourth-order valence-electron chi connectivity index (χ4n) is 2.63. The fraction of sp³-hybridized carbons (Fsp3) is 1.00. The molecule has 33 heteroatoms. The molecule has 0 amide bonds.